The van der Waals surface area contributed by atoms with E-state index in [1.807, 2.05) is 24.1 Å². The Morgan fingerprint density at radius 1 is 1.43 bits per heavy atom. The number of amides is 1. The minimum atomic E-state index is -0.120. The van der Waals surface area contributed by atoms with Crippen molar-refractivity contribution in [2.45, 2.75) is 6.54 Å². The van der Waals surface area contributed by atoms with Crippen molar-refractivity contribution >= 4 is 23.2 Å². The SMILES string of the molecule is COc1ccc(NC(=O)CN(C)Cc2ccco2)cc1Cl. The first-order chi connectivity index (χ1) is 10.1. The van der Waals surface area contributed by atoms with Crippen LogP contribution in [0.3, 0.4) is 0 Å². The molecule has 1 N–H and O–H groups in total. The zero-order valence-corrected chi connectivity index (χ0v) is 12.7. The molecule has 0 aliphatic carbocycles. The van der Waals surface area contributed by atoms with E-state index in [2.05, 4.69) is 5.32 Å². The van der Waals surface area contributed by atoms with E-state index >= 15 is 0 Å². The molecule has 2 rings (SSSR count). The van der Waals surface area contributed by atoms with Crippen LogP contribution in [0.2, 0.25) is 5.02 Å². The van der Waals surface area contributed by atoms with Gasteiger partial charge in [-0.05, 0) is 37.4 Å². The number of methoxy groups -OCH3 is 1. The average Bonchev–Trinajstić information content (AvgIpc) is 2.91. The van der Waals surface area contributed by atoms with Crippen LogP contribution in [0.25, 0.3) is 0 Å². The number of likely N-dealkylation sites (N-methyl/N-ethyl adjacent to an activating group) is 1. The molecule has 112 valence electrons. The monoisotopic (exact) mass is 308 g/mol. The summed E-state index contributed by atoms with van der Waals surface area (Å²) in [5.41, 5.74) is 0.636. The molecular weight excluding hydrogens is 292 g/mol. The summed E-state index contributed by atoms with van der Waals surface area (Å²) >= 11 is 6.01. The Hall–Kier alpha value is -1.98. The van der Waals surface area contributed by atoms with E-state index in [-0.39, 0.29) is 12.5 Å². The molecule has 0 unspecified atom stereocenters. The molecule has 1 amide bonds. The highest BCUT2D eigenvalue weighted by atomic mass is 35.5. The van der Waals surface area contributed by atoms with Gasteiger partial charge in [0, 0.05) is 5.69 Å². The lowest BCUT2D eigenvalue weighted by atomic mass is 10.3. The van der Waals surface area contributed by atoms with Crippen molar-refractivity contribution in [3.63, 3.8) is 0 Å². The summed E-state index contributed by atoms with van der Waals surface area (Å²) in [5.74, 6) is 1.27. The number of ether oxygens (including phenoxy) is 1. The second-order valence-corrected chi connectivity index (χ2v) is 5.06. The fraction of sp³-hybridized carbons (Fsp3) is 0.267. The number of anilines is 1. The zero-order valence-electron chi connectivity index (χ0n) is 11.9. The Labute approximate surface area is 128 Å². The smallest absolute Gasteiger partial charge is 0.238 e. The van der Waals surface area contributed by atoms with Crippen molar-refractivity contribution in [3.8, 4) is 5.75 Å². The van der Waals surface area contributed by atoms with Gasteiger partial charge in [0.15, 0.2) is 0 Å². The van der Waals surface area contributed by atoms with Crippen molar-refractivity contribution in [2.75, 3.05) is 26.0 Å². The van der Waals surface area contributed by atoms with E-state index < -0.39 is 0 Å². The van der Waals surface area contributed by atoms with Crippen LogP contribution in [0.15, 0.2) is 41.0 Å². The van der Waals surface area contributed by atoms with Crippen molar-refractivity contribution in [1.29, 1.82) is 0 Å². The van der Waals surface area contributed by atoms with Crippen LogP contribution in [0, 0.1) is 0 Å². The molecule has 1 aromatic heterocycles. The molecule has 0 atom stereocenters. The Kier molecular flexibility index (Phi) is 5.25. The third-order valence-corrected chi connectivity index (χ3v) is 3.15. The highest BCUT2D eigenvalue weighted by molar-refractivity contribution is 6.32. The van der Waals surface area contributed by atoms with E-state index in [0.717, 1.165) is 5.76 Å². The highest BCUT2D eigenvalue weighted by Gasteiger charge is 2.10. The van der Waals surface area contributed by atoms with Crippen LogP contribution in [0.4, 0.5) is 5.69 Å². The number of hydrogen-bond acceptors (Lipinski definition) is 4. The quantitative estimate of drug-likeness (QED) is 0.891. The van der Waals surface area contributed by atoms with E-state index in [1.54, 1.807) is 31.6 Å². The van der Waals surface area contributed by atoms with Crippen molar-refractivity contribution < 1.29 is 13.9 Å². The topological polar surface area (TPSA) is 54.7 Å². The van der Waals surface area contributed by atoms with E-state index in [9.17, 15) is 4.79 Å². The third kappa shape index (κ3) is 4.51. The Morgan fingerprint density at radius 2 is 2.24 bits per heavy atom. The molecule has 1 aromatic carbocycles. The number of benzene rings is 1. The van der Waals surface area contributed by atoms with Gasteiger partial charge in [0.1, 0.15) is 11.5 Å². The minimum absolute atomic E-state index is 0.120. The van der Waals surface area contributed by atoms with Gasteiger partial charge in [-0.25, -0.2) is 0 Å². The fourth-order valence-corrected chi connectivity index (χ4v) is 2.17. The number of carbonyl (C=O) groups excluding carboxylic acids is 1. The molecule has 0 saturated carbocycles. The molecule has 1 heterocycles. The lowest BCUT2D eigenvalue weighted by Crippen LogP contribution is -2.29. The lowest BCUT2D eigenvalue weighted by molar-refractivity contribution is -0.117. The summed E-state index contributed by atoms with van der Waals surface area (Å²) in [5, 5.41) is 3.25. The number of halogens is 1. The summed E-state index contributed by atoms with van der Waals surface area (Å²) in [7, 11) is 3.40. The van der Waals surface area contributed by atoms with Gasteiger partial charge in [-0.1, -0.05) is 11.6 Å². The molecule has 0 radical (unpaired) electrons. The first-order valence-electron chi connectivity index (χ1n) is 6.43. The van der Waals surface area contributed by atoms with Gasteiger partial charge < -0.3 is 14.5 Å². The van der Waals surface area contributed by atoms with E-state index in [0.29, 0.717) is 23.0 Å². The maximum Gasteiger partial charge on any atom is 0.238 e. The number of nitrogens with zero attached hydrogens (tertiary/aromatic N) is 1. The Bertz CT molecular complexity index is 599. The van der Waals surface area contributed by atoms with Crippen LogP contribution in [-0.4, -0.2) is 31.5 Å². The second kappa shape index (κ2) is 7.15. The molecule has 6 heteroatoms. The number of nitrogens with one attached hydrogen (secondary N) is 1. The third-order valence-electron chi connectivity index (χ3n) is 2.85. The summed E-state index contributed by atoms with van der Waals surface area (Å²) in [6, 6.07) is 8.81. The Morgan fingerprint density at radius 3 is 2.86 bits per heavy atom. The molecule has 0 fully saturated rings. The summed E-state index contributed by atoms with van der Waals surface area (Å²) in [4.78, 5) is 13.8. The normalized spacial score (nSPS) is 10.7. The molecule has 2 aromatic rings. The van der Waals surface area contributed by atoms with E-state index in [1.165, 1.54) is 0 Å². The second-order valence-electron chi connectivity index (χ2n) is 4.65. The van der Waals surface area contributed by atoms with Gasteiger partial charge in [0.2, 0.25) is 5.91 Å². The van der Waals surface area contributed by atoms with Crippen LogP contribution >= 0.6 is 11.6 Å². The molecule has 5 nitrogen and oxygen atoms in total. The minimum Gasteiger partial charge on any atom is -0.495 e. The molecule has 0 spiro atoms. The van der Waals surface area contributed by atoms with Crippen molar-refractivity contribution in [1.82, 2.24) is 4.90 Å². The number of rotatable bonds is 6. The van der Waals surface area contributed by atoms with Gasteiger partial charge in [0.25, 0.3) is 0 Å². The fourth-order valence-electron chi connectivity index (χ4n) is 1.91. The molecule has 21 heavy (non-hydrogen) atoms. The predicted molar refractivity (Wildman–Crippen MR) is 81.7 cm³/mol. The van der Waals surface area contributed by atoms with Crippen molar-refractivity contribution in [2.24, 2.45) is 0 Å². The van der Waals surface area contributed by atoms with Crippen LogP contribution in [-0.2, 0) is 11.3 Å². The van der Waals surface area contributed by atoms with Gasteiger partial charge in [-0.15, -0.1) is 0 Å². The summed E-state index contributed by atoms with van der Waals surface area (Å²) in [6.45, 7) is 0.828. The molecule has 0 aliphatic rings. The molecule has 0 saturated heterocycles. The number of hydrogen-bond donors (Lipinski definition) is 1. The first-order valence-corrected chi connectivity index (χ1v) is 6.80. The first kappa shape index (κ1) is 15.4. The highest BCUT2D eigenvalue weighted by Crippen LogP contribution is 2.27. The maximum absolute atomic E-state index is 12.0. The zero-order chi connectivity index (χ0) is 15.2. The predicted octanol–water partition coefficient (Wildman–Crippen LogP) is 3.01. The van der Waals surface area contributed by atoms with Crippen molar-refractivity contribution in [3.05, 3.63) is 47.4 Å². The maximum atomic E-state index is 12.0. The Balaban J connectivity index is 1.87. The molecule has 0 aliphatic heterocycles. The van der Waals surface area contributed by atoms with E-state index in [4.69, 9.17) is 20.8 Å². The van der Waals surface area contributed by atoms with Crippen LogP contribution in [0.1, 0.15) is 5.76 Å². The number of carbonyl (C=O) groups is 1. The van der Waals surface area contributed by atoms with Crippen LogP contribution < -0.4 is 10.1 Å². The largest absolute Gasteiger partial charge is 0.495 e. The van der Waals surface area contributed by atoms with Crippen LogP contribution in [0.5, 0.6) is 5.75 Å². The standard InChI is InChI=1S/C15H17ClN2O3/c1-18(9-12-4-3-7-21-12)10-15(19)17-11-5-6-14(20-2)13(16)8-11/h3-8H,9-10H2,1-2H3,(H,17,19). The van der Waals surface area contributed by atoms with Gasteiger partial charge in [-0.3, -0.25) is 9.69 Å². The van der Waals surface area contributed by atoms with Gasteiger partial charge >= 0.3 is 0 Å². The molecular formula is C15H17ClN2O3. The van der Waals surface area contributed by atoms with Gasteiger partial charge in [0.05, 0.1) is 31.5 Å². The average molecular weight is 309 g/mol. The lowest BCUT2D eigenvalue weighted by Gasteiger charge is -2.15. The number of furan rings is 1. The summed E-state index contributed by atoms with van der Waals surface area (Å²) < 4.78 is 10.3. The van der Waals surface area contributed by atoms with Gasteiger partial charge in [-0.2, -0.15) is 0 Å². The summed E-state index contributed by atoms with van der Waals surface area (Å²) in [6.07, 6.45) is 1.61. The molecule has 0 bridgehead atoms.